The molecule has 2 atom stereocenters. The molecule has 1 amide bonds. The highest BCUT2D eigenvalue weighted by atomic mass is 32.2. The van der Waals surface area contributed by atoms with Gasteiger partial charge in [0.15, 0.2) is 0 Å². The third kappa shape index (κ3) is 5.62. The van der Waals surface area contributed by atoms with Crippen LogP contribution in [-0.4, -0.2) is 28.7 Å². The number of hydrogen-bond donors (Lipinski definition) is 1. The van der Waals surface area contributed by atoms with Crippen LogP contribution in [0, 0.1) is 5.92 Å². The Morgan fingerprint density at radius 2 is 2.00 bits per heavy atom. The molecule has 18 heavy (non-hydrogen) atoms. The van der Waals surface area contributed by atoms with Crippen LogP contribution in [0.2, 0.25) is 0 Å². The molecule has 0 aromatic carbocycles. The molecule has 1 aliphatic heterocycles. The van der Waals surface area contributed by atoms with Gasteiger partial charge in [-0.1, -0.05) is 6.92 Å². The van der Waals surface area contributed by atoms with E-state index in [1.165, 1.54) is 0 Å². The fourth-order valence-electron chi connectivity index (χ4n) is 1.69. The predicted octanol–water partition coefficient (Wildman–Crippen LogP) is 2.50. The zero-order valence-corrected chi connectivity index (χ0v) is 12.1. The molecule has 6 heteroatoms. The molecule has 104 valence electrons. The predicted molar refractivity (Wildman–Crippen MR) is 70.1 cm³/mol. The van der Waals surface area contributed by atoms with E-state index in [-0.39, 0.29) is 11.9 Å². The van der Waals surface area contributed by atoms with Crippen molar-refractivity contribution in [2.45, 2.75) is 51.4 Å². The molecule has 1 aliphatic rings. The van der Waals surface area contributed by atoms with Crippen molar-refractivity contribution in [1.29, 1.82) is 0 Å². The lowest BCUT2D eigenvalue weighted by atomic mass is 10.0. The summed E-state index contributed by atoms with van der Waals surface area (Å²) in [6, 6.07) is 0. The van der Waals surface area contributed by atoms with E-state index in [0.717, 1.165) is 18.6 Å². The maximum atomic E-state index is 11.7. The van der Waals surface area contributed by atoms with Gasteiger partial charge in [0.25, 0.3) is 0 Å². The van der Waals surface area contributed by atoms with Gasteiger partial charge in [0.1, 0.15) is 5.60 Å². The largest absolute Gasteiger partial charge is 0.442 e. The van der Waals surface area contributed by atoms with Crippen LogP contribution in [0.25, 0.3) is 0 Å². The van der Waals surface area contributed by atoms with E-state index in [1.54, 1.807) is 20.8 Å². The van der Waals surface area contributed by atoms with Crippen LogP contribution in [0.5, 0.6) is 0 Å². The zero-order chi connectivity index (χ0) is 13.8. The number of thioether (sulfide) groups is 1. The maximum absolute atomic E-state index is 11.7. The van der Waals surface area contributed by atoms with E-state index in [9.17, 15) is 9.59 Å². The number of amides is 1. The number of carbonyl (C=O) groups is 2. The lowest BCUT2D eigenvalue weighted by molar-refractivity contribution is -0.156. The van der Waals surface area contributed by atoms with Gasteiger partial charge in [0, 0.05) is 5.25 Å². The van der Waals surface area contributed by atoms with Crippen molar-refractivity contribution >= 4 is 23.8 Å². The second-order valence-corrected chi connectivity index (χ2v) is 6.97. The van der Waals surface area contributed by atoms with E-state index in [1.807, 2.05) is 17.2 Å². The topological polar surface area (TPSA) is 64.6 Å². The van der Waals surface area contributed by atoms with E-state index in [2.05, 4.69) is 6.92 Å². The summed E-state index contributed by atoms with van der Waals surface area (Å²) in [7, 11) is 0. The summed E-state index contributed by atoms with van der Waals surface area (Å²) in [5.41, 5.74) is 1.43. The molecule has 2 unspecified atom stereocenters. The lowest BCUT2D eigenvalue weighted by Gasteiger charge is -2.24. The molecule has 0 saturated carbocycles. The average molecular weight is 275 g/mol. The van der Waals surface area contributed by atoms with Crippen LogP contribution < -0.4 is 5.48 Å². The molecule has 0 aliphatic carbocycles. The summed E-state index contributed by atoms with van der Waals surface area (Å²) < 4.78 is 4.97. The second-order valence-electron chi connectivity index (χ2n) is 5.43. The molecule has 0 radical (unpaired) electrons. The highest BCUT2D eigenvalue weighted by Gasteiger charge is 2.28. The fraction of sp³-hybridized carbons (Fsp3) is 0.833. The highest BCUT2D eigenvalue weighted by Crippen LogP contribution is 2.29. The Bertz CT molecular complexity index is 314. The third-order valence-corrected chi connectivity index (χ3v) is 3.69. The summed E-state index contributed by atoms with van der Waals surface area (Å²) in [5.74, 6) is 0.442. The average Bonchev–Trinajstić information content (AvgIpc) is 2.23. The second kappa shape index (κ2) is 6.31. The molecule has 1 heterocycles. The maximum Gasteiger partial charge on any atom is 0.441 e. The summed E-state index contributed by atoms with van der Waals surface area (Å²) in [5, 5.41) is 0.456. The number of hydrogen-bond acceptors (Lipinski definition) is 5. The molecule has 1 rings (SSSR count). The van der Waals surface area contributed by atoms with Gasteiger partial charge in [-0.2, -0.15) is 11.8 Å². The molecular formula is C12H21NO4S. The van der Waals surface area contributed by atoms with E-state index in [4.69, 9.17) is 9.57 Å². The SMILES string of the molecule is CC1CC(C(=O)ONC(=O)OC(C)(C)C)CCS1. The molecule has 0 aromatic rings. The lowest BCUT2D eigenvalue weighted by Crippen LogP contribution is -2.36. The fourth-order valence-corrected chi connectivity index (χ4v) is 2.88. The van der Waals surface area contributed by atoms with Gasteiger partial charge >= 0.3 is 12.1 Å². The minimum Gasteiger partial charge on any atom is -0.442 e. The van der Waals surface area contributed by atoms with Crippen molar-refractivity contribution in [1.82, 2.24) is 5.48 Å². The highest BCUT2D eigenvalue weighted by molar-refractivity contribution is 7.99. The molecule has 5 nitrogen and oxygen atoms in total. The molecule has 1 saturated heterocycles. The van der Waals surface area contributed by atoms with Gasteiger partial charge < -0.3 is 9.57 Å². The first-order valence-corrected chi connectivity index (χ1v) is 7.14. The van der Waals surface area contributed by atoms with Gasteiger partial charge in [-0.15, -0.1) is 5.48 Å². The minimum absolute atomic E-state index is 0.129. The Labute approximate surface area is 112 Å². The third-order valence-electron chi connectivity index (χ3n) is 2.45. The Morgan fingerprint density at radius 3 is 2.56 bits per heavy atom. The van der Waals surface area contributed by atoms with Gasteiger partial charge in [0.2, 0.25) is 0 Å². The van der Waals surface area contributed by atoms with Crippen LogP contribution in [0.1, 0.15) is 40.5 Å². The zero-order valence-electron chi connectivity index (χ0n) is 11.3. The van der Waals surface area contributed by atoms with Crippen LogP contribution >= 0.6 is 11.8 Å². The normalized spacial score (nSPS) is 24.2. The number of nitrogens with one attached hydrogen (secondary N) is 1. The van der Waals surface area contributed by atoms with Crippen molar-refractivity contribution in [2.75, 3.05) is 5.75 Å². The Kier molecular flexibility index (Phi) is 5.31. The van der Waals surface area contributed by atoms with Crippen molar-refractivity contribution in [3.63, 3.8) is 0 Å². The standard InChI is InChI=1S/C12H21NO4S/c1-8-7-9(5-6-18-8)10(14)17-13-11(15)16-12(2,3)4/h8-9H,5-7H2,1-4H3,(H,13,15). The Balaban J connectivity index is 2.30. The number of ether oxygens (including phenoxy) is 1. The van der Waals surface area contributed by atoms with E-state index >= 15 is 0 Å². The smallest absolute Gasteiger partial charge is 0.441 e. The molecule has 0 bridgehead atoms. The molecule has 0 aromatic heterocycles. The molecule has 1 fully saturated rings. The quantitative estimate of drug-likeness (QED) is 0.745. The van der Waals surface area contributed by atoms with E-state index < -0.39 is 11.7 Å². The van der Waals surface area contributed by atoms with Crippen LogP contribution in [0.3, 0.4) is 0 Å². The number of rotatable bonds is 1. The summed E-state index contributed by atoms with van der Waals surface area (Å²) in [6.45, 7) is 7.32. The van der Waals surface area contributed by atoms with Crippen molar-refractivity contribution < 1.29 is 19.2 Å². The number of carbonyl (C=O) groups excluding carboxylic acids is 2. The first-order chi connectivity index (χ1) is 8.28. The van der Waals surface area contributed by atoms with Crippen molar-refractivity contribution in [3.8, 4) is 0 Å². The van der Waals surface area contributed by atoms with Crippen LogP contribution in [0.4, 0.5) is 4.79 Å². The number of hydroxylamine groups is 1. The van der Waals surface area contributed by atoms with Gasteiger partial charge in [-0.25, -0.2) is 9.59 Å². The summed E-state index contributed by atoms with van der Waals surface area (Å²) in [6.07, 6.45) is 0.845. The minimum atomic E-state index is -0.742. The molecule has 1 N–H and O–H groups in total. The first kappa shape index (κ1) is 15.1. The monoisotopic (exact) mass is 275 g/mol. The van der Waals surface area contributed by atoms with Crippen molar-refractivity contribution in [3.05, 3.63) is 0 Å². The molecular weight excluding hydrogens is 254 g/mol. The Morgan fingerprint density at radius 1 is 1.33 bits per heavy atom. The van der Waals surface area contributed by atoms with Gasteiger partial charge in [-0.05, 0) is 39.4 Å². The van der Waals surface area contributed by atoms with Crippen LogP contribution in [-0.2, 0) is 14.4 Å². The van der Waals surface area contributed by atoms with Crippen LogP contribution in [0.15, 0.2) is 0 Å². The van der Waals surface area contributed by atoms with Gasteiger partial charge in [-0.3, -0.25) is 0 Å². The Hall–Kier alpha value is -0.910. The summed E-state index contributed by atoms with van der Waals surface area (Å²) in [4.78, 5) is 27.8. The first-order valence-electron chi connectivity index (χ1n) is 6.09. The summed E-state index contributed by atoms with van der Waals surface area (Å²) >= 11 is 1.85. The molecule has 0 spiro atoms. The van der Waals surface area contributed by atoms with Crippen molar-refractivity contribution in [2.24, 2.45) is 5.92 Å². The van der Waals surface area contributed by atoms with E-state index in [0.29, 0.717) is 5.25 Å². The van der Waals surface area contributed by atoms with Gasteiger partial charge in [0.05, 0.1) is 5.92 Å².